The van der Waals surface area contributed by atoms with Gasteiger partial charge in [-0.2, -0.15) is 11.3 Å². The molecule has 28 heavy (non-hydrogen) atoms. The number of piperidine rings is 1. The predicted octanol–water partition coefficient (Wildman–Crippen LogP) is 4.41. The van der Waals surface area contributed by atoms with Gasteiger partial charge in [-0.15, -0.1) is 10.2 Å². The molecule has 3 heterocycles. The molecule has 1 aromatic carbocycles. The quantitative estimate of drug-likeness (QED) is 0.667. The predicted molar refractivity (Wildman–Crippen MR) is 110 cm³/mol. The Labute approximate surface area is 172 Å². The highest BCUT2D eigenvalue weighted by molar-refractivity contribution is 7.08. The second kappa shape index (κ2) is 8.43. The number of amides is 1. The Balaban J connectivity index is 1.34. The number of halogens is 1. The fourth-order valence-corrected chi connectivity index (χ4v) is 4.22. The molecule has 0 bridgehead atoms. The minimum Gasteiger partial charge on any atom is -0.419 e. The van der Waals surface area contributed by atoms with Crippen LogP contribution in [0.5, 0.6) is 0 Å². The molecule has 0 spiro atoms. The van der Waals surface area contributed by atoms with E-state index in [0.717, 1.165) is 37.1 Å². The Morgan fingerprint density at radius 1 is 1.32 bits per heavy atom. The monoisotopic (exact) mass is 416 g/mol. The first-order valence-electron chi connectivity index (χ1n) is 9.26. The maximum Gasteiger partial charge on any atom is 0.252 e. The van der Waals surface area contributed by atoms with Crippen molar-refractivity contribution in [3.63, 3.8) is 0 Å². The van der Waals surface area contributed by atoms with E-state index in [2.05, 4.69) is 27.3 Å². The average molecular weight is 417 g/mol. The van der Waals surface area contributed by atoms with Gasteiger partial charge in [0.1, 0.15) is 0 Å². The molecule has 146 valence electrons. The summed E-state index contributed by atoms with van der Waals surface area (Å²) < 4.78 is 5.89. The van der Waals surface area contributed by atoms with E-state index >= 15 is 0 Å². The van der Waals surface area contributed by atoms with Crippen molar-refractivity contribution < 1.29 is 9.21 Å². The summed E-state index contributed by atoms with van der Waals surface area (Å²) in [6.45, 7) is 3.80. The number of carbonyl (C=O) groups is 1. The summed E-state index contributed by atoms with van der Waals surface area (Å²) in [6, 6.07) is 9.45. The van der Waals surface area contributed by atoms with Crippen LogP contribution in [0.3, 0.4) is 0 Å². The van der Waals surface area contributed by atoms with Crippen LogP contribution in [0.1, 0.15) is 42.1 Å². The van der Waals surface area contributed by atoms with E-state index in [1.165, 1.54) is 11.3 Å². The maximum atomic E-state index is 12.2. The van der Waals surface area contributed by atoms with Crippen LogP contribution in [-0.4, -0.2) is 40.1 Å². The number of hydrogen-bond acceptors (Lipinski definition) is 6. The van der Waals surface area contributed by atoms with Gasteiger partial charge in [-0.05, 0) is 49.4 Å². The molecule has 1 amide bonds. The number of carbonyl (C=O) groups excluding carboxylic acids is 1. The van der Waals surface area contributed by atoms with Gasteiger partial charge in [-0.1, -0.05) is 17.7 Å². The Hall–Kier alpha value is -2.22. The topological polar surface area (TPSA) is 71.3 Å². The zero-order valence-corrected chi connectivity index (χ0v) is 17.0. The fraction of sp³-hybridized carbons (Fsp3) is 0.350. The summed E-state index contributed by atoms with van der Waals surface area (Å²) in [5, 5.41) is 16.0. The van der Waals surface area contributed by atoms with Crippen molar-refractivity contribution in [3.05, 3.63) is 57.6 Å². The number of rotatable bonds is 5. The lowest BCUT2D eigenvalue weighted by molar-refractivity contribution is 0.0886. The number of benzene rings is 1. The fourth-order valence-electron chi connectivity index (χ4n) is 3.39. The summed E-state index contributed by atoms with van der Waals surface area (Å²) in [7, 11) is 0. The van der Waals surface area contributed by atoms with Crippen molar-refractivity contribution in [1.29, 1.82) is 0 Å². The molecule has 0 saturated carbocycles. The van der Waals surface area contributed by atoms with Gasteiger partial charge < -0.3 is 9.73 Å². The molecule has 3 aromatic rings. The molecule has 0 radical (unpaired) electrons. The number of thiophene rings is 1. The zero-order chi connectivity index (χ0) is 19.5. The number of aromatic nitrogens is 2. The molecule has 6 nitrogen and oxygen atoms in total. The first-order chi connectivity index (χ1) is 13.6. The van der Waals surface area contributed by atoms with Crippen molar-refractivity contribution in [3.8, 4) is 11.5 Å². The number of nitrogens with zero attached hydrogens (tertiary/aromatic N) is 3. The van der Waals surface area contributed by atoms with Gasteiger partial charge in [0.2, 0.25) is 11.8 Å². The van der Waals surface area contributed by atoms with Crippen molar-refractivity contribution >= 4 is 28.8 Å². The molecule has 8 heteroatoms. The van der Waals surface area contributed by atoms with Crippen LogP contribution in [0, 0.1) is 0 Å². The second-order valence-electron chi connectivity index (χ2n) is 6.93. The molecule has 1 fully saturated rings. The van der Waals surface area contributed by atoms with Crippen LogP contribution < -0.4 is 5.32 Å². The molecule has 4 rings (SSSR count). The molecule has 1 aliphatic rings. The minimum atomic E-state index is 0.0100. The van der Waals surface area contributed by atoms with Crippen molar-refractivity contribution in [2.45, 2.75) is 31.8 Å². The first-order valence-corrected chi connectivity index (χ1v) is 10.6. The van der Waals surface area contributed by atoms with Crippen LogP contribution in [0.25, 0.3) is 11.5 Å². The van der Waals surface area contributed by atoms with Crippen molar-refractivity contribution in [1.82, 2.24) is 20.4 Å². The zero-order valence-electron chi connectivity index (χ0n) is 15.5. The van der Waals surface area contributed by atoms with Crippen molar-refractivity contribution in [2.75, 3.05) is 13.1 Å². The van der Waals surface area contributed by atoms with Gasteiger partial charge in [0.05, 0.1) is 6.04 Å². The smallest absolute Gasteiger partial charge is 0.252 e. The number of nitrogens with one attached hydrogen (secondary N) is 1. The summed E-state index contributed by atoms with van der Waals surface area (Å²) in [4.78, 5) is 14.5. The summed E-state index contributed by atoms with van der Waals surface area (Å²) in [5.74, 6) is 1.08. The summed E-state index contributed by atoms with van der Waals surface area (Å²) in [5.41, 5.74) is 1.55. The molecular formula is C20H21ClN4O2S. The van der Waals surface area contributed by atoms with E-state index in [4.69, 9.17) is 16.0 Å². The average Bonchev–Trinajstić information content (AvgIpc) is 3.40. The molecule has 1 unspecified atom stereocenters. The van der Waals surface area contributed by atoms with E-state index in [-0.39, 0.29) is 18.0 Å². The lowest BCUT2D eigenvalue weighted by Gasteiger charge is -2.34. The van der Waals surface area contributed by atoms with Crippen molar-refractivity contribution in [2.24, 2.45) is 0 Å². The molecule has 1 saturated heterocycles. The lowest BCUT2D eigenvalue weighted by atomic mass is 10.0. The van der Waals surface area contributed by atoms with Gasteiger partial charge in [0.25, 0.3) is 5.91 Å². The lowest BCUT2D eigenvalue weighted by Crippen LogP contribution is -2.45. The Bertz CT molecular complexity index is 935. The highest BCUT2D eigenvalue weighted by Crippen LogP contribution is 2.27. The van der Waals surface area contributed by atoms with E-state index in [9.17, 15) is 4.79 Å². The van der Waals surface area contributed by atoms with Gasteiger partial charge in [-0.3, -0.25) is 9.69 Å². The normalized spacial score (nSPS) is 16.8. The third-order valence-corrected chi connectivity index (χ3v) is 5.98. The summed E-state index contributed by atoms with van der Waals surface area (Å²) in [6.07, 6.45) is 1.80. The second-order valence-corrected chi connectivity index (χ2v) is 8.14. The van der Waals surface area contributed by atoms with E-state index in [1.54, 1.807) is 0 Å². The van der Waals surface area contributed by atoms with Gasteiger partial charge in [0, 0.05) is 40.7 Å². The van der Waals surface area contributed by atoms with Gasteiger partial charge in [0.15, 0.2) is 0 Å². The molecule has 0 aliphatic carbocycles. The highest BCUT2D eigenvalue weighted by atomic mass is 35.5. The van der Waals surface area contributed by atoms with E-state index in [1.807, 2.05) is 41.1 Å². The third kappa shape index (κ3) is 4.27. The first kappa shape index (κ1) is 19.1. The molecule has 1 atom stereocenters. The molecule has 1 N–H and O–H groups in total. The minimum absolute atomic E-state index is 0.0100. The maximum absolute atomic E-state index is 12.2. The Morgan fingerprint density at radius 3 is 2.86 bits per heavy atom. The molecule has 2 aromatic heterocycles. The Kier molecular flexibility index (Phi) is 5.75. The Morgan fingerprint density at radius 2 is 2.14 bits per heavy atom. The van der Waals surface area contributed by atoms with Gasteiger partial charge in [-0.25, -0.2) is 0 Å². The molecular weight excluding hydrogens is 396 g/mol. The SMILES string of the molecule is CC(c1nnc(-c2cccc(Cl)c2)o1)N1CCC(NC(=O)c2ccsc2)CC1. The van der Waals surface area contributed by atoms with Crippen LogP contribution in [0.4, 0.5) is 0 Å². The third-order valence-electron chi connectivity index (χ3n) is 5.07. The van der Waals surface area contributed by atoms with Crippen LogP contribution in [0.15, 0.2) is 45.5 Å². The number of hydrogen-bond donors (Lipinski definition) is 1. The molecule has 1 aliphatic heterocycles. The van der Waals surface area contributed by atoms with Crippen LogP contribution in [-0.2, 0) is 0 Å². The van der Waals surface area contributed by atoms with E-state index < -0.39 is 0 Å². The van der Waals surface area contributed by atoms with Gasteiger partial charge >= 0.3 is 0 Å². The number of likely N-dealkylation sites (tertiary alicyclic amines) is 1. The van der Waals surface area contributed by atoms with E-state index in [0.29, 0.717) is 16.8 Å². The van der Waals surface area contributed by atoms with Crippen LogP contribution >= 0.6 is 22.9 Å². The standard InChI is InChI=1S/C20H21ClN4O2S/c1-13(19-23-24-20(27-19)14-3-2-4-16(21)11-14)25-8-5-17(6-9-25)22-18(26)15-7-10-28-12-15/h2-4,7,10-13,17H,5-6,8-9H2,1H3,(H,22,26). The van der Waals surface area contributed by atoms with Crippen LogP contribution in [0.2, 0.25) is 5.02 Å². The largest absolute Gasteiger partial charge is 0.419 e. The highest BCUT2D eigenvalue weighted by Gasteiger charge is 2.27. The summed E-state index contributed by atoms with van der Waals surface area (Å²) >= 11 is 7.57.